The largest absolute Gasteiger partial charge is 0.496 e. The van der Waals surface area contributed by atoms with E-state index < -0.39 is 5.82 Å². The molecule has 3 aromatic rings. The van der Waals surface area contributed by atoms with Gasteiger partial charge in [0.1, 0.15) is 17.4 Å². The molecule has 1 amide bonds. The van der Waals surface area contributed by atoms with E-state index in [0.717, 1.165) is 37.6 Å². The van der Waals surface area contributed by atoms with Crippen LogP contribution in [-0.4, -0.2) is 45.8 Å². The van der Waals surface area contributed by atoms with Gasteiger partial charge in [-0.25, -0.2) is 4.39 Å². The molecule has 2 atom stereocenters. The van der Waals surface area contributed by atoms with E-state index in [1.807, 2.05) is 22.8 Å². The first-order chi connectivity index (χ1) is 15.1. The van der Waals surface area contributed by atoms with Gasteiger partial charge < -0.3 is 14.6 Å². The van der Waals surface area contributed by atoms with Crippen molar-refractivity contribution in [2.24, 2.45) is 11.8 Å². The van der Waals surface area contributed by atoms with Gasteiger partial charge in [0.2, 0.25) is 5.82 Å². The Morgan fingerprint density at radius 2 is 1.97 bits per heavy atom. The lowest BCUT2D eigenvalue weighted by atomic mass is 9.89. The highest BCUT2D eigenvalue weighted by molar-refractivity contribution is 6.01. The number of para-hydroxylation sites is 1. The molecule has 1 N–H and O–H groups in total. The number of hydrogen-bond donors (Lipinski definition) is 1. The summed E-state index contributed by atoms with van der Waals surface area (Å²) in [5.74, 6) is 2.18. The van der Waals surface area contributed by atoms with Gasteiger partial charge in [0.15, 0.2) is 0 Å². The molecule has 8 heteroatoms. The summed E-state index contributed by atoms with van der Waals surface area (Å²) in [5, 5.41) is 11.1. The maximum Gasteiger partial charge on any atom is 0.293 e. The second-order valence-corrected chi connectivity index (χ2v) is 8.25. The number of benzene rings is 2. The lowest BCUT2D eigenvalue weighted by Gasteiger charge is -2.25. The number of anilines is 1. The molecule has 0 radical (unpaired) electrons. The Hall–Kier alpha value is -3.26. The average Bonchev–Trinajstić information content (AvgIpc) is 3.35. The number of nitrogens with one attached hydrogen (secondary N) is 1. The number of ether oxygens (including phenoxy) is 1. The third-order valence-corrected chi connectivity index (χ3v) is 6.21. The Morgan fingerprint density at radius 1 is 1.13 bits per heavy atom. The van der Waals surface area contributed by atoms with Gasteiger partial charge >= 0.3 is 0 Å². The van der Waals surface area contributed by atoms with Gasteiger partial charge in [-0.3, -0.25) is 9.69 Å². The quantitative estimate of drug-likeness (QED) is 0.686. The van der Waals surface area contributed by atoms with Gasteiger partial charge in [0.05, 0.1) is 7.11 Å². The van der Waals surface area contributed by atoms with E-state index in [1.165, 1.54) is 17.7 Å². The van der Waals surface area contributed by atoms with E-state index >= 15 is 0 Å². The smallest absolute Gasteiger partial charge is 0.293 e. The molecule has 1 aromatic heterocycles. The number of fused-ring (bicyclic) bond motifs is 2. The SMILES string of the molecule is COc1ccccc1CN1C[C@@H]2Cc3nnc(C(=O)Nc4cccc(F)c4)n3C[C@@H]2C1. The van der Waals surface area contributed by atoms with Crippen molar-refractivity contribution in [3.63, 3.8) is 0 Å². The maximum atomic E-state index is 13.4. The molecule has 2 aromatic carbocycles. The molecule has 0 aliphatic carbocycles. The van der Waals surface area contributed by atoms with Gasteiger partial charge in [-0.1, -0.05) is 24.3 Å². The van der Waals surface area contributed by atoms with E-state index in [0.29, 0.717) is 24.1 Å². The third kappa shape index (κ3) is 3.90. The fourth-order valence-corrected chi connectivity index (χ4v) is 4.75. The van der Waals surface area contributed by atoms with Crippen molar-refractivity contribution in [1.29, 1.82) is 0 Å². The molecule has 2 aliphatic heterocycles. The van der Waals surface area contributed by atoms with Crippen LogP contribution in [0.25, 0.3) is 0 Å². The predicted octanol–water partition coefficient (Wildman–Crippen LogP) is 2.98. The fraction of sp³-hybridized carbons (Fsp3) is 0.348. The first-order valence-corrected chi connectivity index (χ1v) is 10.4. The van der Waals surface area contributed by atoms with Crippen LogP contribution >= 0.6 is 0 Å². The highest BCUT2D eigenvalue weighted by atomic mass is 19.1. The minimum atomic E-state index is -0.398. The summed E-state index contributed by atoms with van der Waals surface area (Å²) in [6.07, 6.45) is 0.799. The van der Waals surface area contributed by atoms with E-state index in [1.54, 1.807) is 19.2 Å². The monoisotopic (exact) mass is 421 g/mol. The Balaban J connectivity index is 1.28. The highest BCUT2D eigenvalue weighted by Crippen LogP contribution is 2.34. The van der Waals surface area contributed by atoms with Crippen LogP contribution in [-0.2, 0) is 19.5 Å². The number of halogens is 1. The van der Waals surface area contributed by atoms with Gasteiger partial charge in [-0.2, -0.15) is 0 Å². The Kier molecular flexibility index (Phi) is 5.15. The van der Waals surface area contributed by atoms with Crippen LogP contribution in [0.4, 0.5) is 10.1 Å². The van der Waals surface area contributed by atoms with Crippen molar-refractivity contribution in [1.82, 2.24) is 19.7 Å². The Labute approximate surface area is 179 Å². The van der Waals surface area contributed by atoms with Gasteiger partial charge in [0.25, 0.3) is 5.91 Å². The minimum Gasteiger partial charge on any atom is -0.496 e. The Bertz CT molecular complexity index is 1110. The number of methoxy groups -OCH3 is 1. The number of hydrogen-bond acceptors (Lipinski definition) is 5. The molecule has 5 rings (SSSR count). The summed E-state index contributed by atoms with van der Waals surface area (Å²) < 4.78 is 20.8. The van der Waals surface area contributed by atoms with Crippen molar-refractivity contribution < 1.29 is 13.9 Å². The van der Waals surface area contributed by atoms with Crippen LogP contribution in [0.3, 0.4) is 0 Å². The fourth-order valence-electron chi connectivity index (χ4n) is 4.75. The summed E-state index contributed by atoms with van der Waals surface area (Å²) in [7, 11) is 1.70. The number of likely N-dealkylation sites (tertiary alicyclic amines) is 1. The van der Waals surface area contributed by atoms with Crippen molar-refractivity contribution in [2.45, 2.75) is 19.5 Å². The molecule has 1 fully saturated rings. The van der Waals surface area contributed by atoms with E-state index in [9.17, 15) is 9.18 Å². The van der Waals surface area contributed by atoms with Crippen molar-refractivity contribution in [2.75, 3.05) is 25.5 Å². The second kappa shape index (κ2) is 8.11. The number of carbonyl (C=O) groups is 1. The first kappa shape index (κ1) is 19.7. The zero-order valence-electron chi connectivity index (χ0n) is 17.3. The molecule has 1 saturated heterocycles. The molecule has 0 saturated carbocycles. The standard InChI is InChI=1S/C23H24FN5O2/c1-31-20-8-3-2-5-15(20)11-28-12-16-9-21-26-27-22(29(21)14-17(16)13-28)23(30)25-19-7-4-6-18(24)10-19/h2-8,10,16-17H,9,11-14H2,1H3,(H,25,30)/t16-,17-/m0/s1. The molecule has 0 unspecified atom stereocenters. The van der Waals surface area contributed by atoms with Gasteiger partial charge in [-0.05, 0) is 36.1 Å². The maximum absolute atomic E-state index is 13.4. The highest BCUT2D eigenvalue weighted by Gasteiger charge is 2.39. The molecule has 7 nitrogen and oxygen atoms in total. The third-order valence-electron chi connectivity index (χ3n) is 6.21. The van der Waals surface area contributed by atoms with E-state index in [4.69, 9.17) is 4.74 Å². The van der Waals surface area contributed by atoms with Crippen LogP contribution in [0.15, 0.2) is 48.5 Å². The topological polar surface area (TPSA) is 72.3 Å². The van der Waals surface area contributed by atoms with Crippen LogP contribution in [0.5, 0.6) is 5.75 Å². The number of aromatic nitrogens is 3. The van der Waals surface area contributed by atoms with Crippen LogP contribution < -0.4 is 10.1 Å². The lowest BCUT2D eigenvalue weighted by Crippen LogP contribution is -2.31. The van der Waals surface area contributed by atoms with Crippen LogP contribution in [0.1, 0.15) is 22.0 Å². The Morgan fingerprint density at radius 3 is 2.81 bits per heavy atom. The van der Waals surface area contributed by atoms with Crippen LogP contribution in [0.2, 0.25) is 0 Å². The summed E-state index contributed by atoms with van der Waals surface area (Å²) in [5.41, 5.74) is 1.58. The predicted molar refractivity (Wildman–Crippen MR) is 113 cm³/mol. The number of carbonyl (C=O) groups excluding carboxylic acids is 1. The second-order valence-electron chi connectivity index (χ2n) is 8.25. The van der Waals surface area contributed by atoms with E-state index in [2.05, 4.69) is 26.5 Å². The minimum absolute atomic E-state index is 0.279. The van der Waals surface area contributed by atoms with Crippen molar-refractivity contribution in [3.05, 3.63) is 71.6 Å². The normalized spacial score (nSPS) is 20.2. The van der Waals surface area contributed by atoms with Crippen LogP contribution in [0, 0.1) is 17.7 Å². The van der Waals surface area contributed by atoms with Gasteiger partial charge in [0, 0.05) is 43.9 Å². The molecule has 31 heavy (non-hydrogen) atoms. The van der Waals surface area contributed by atoms with E-state index in [-0.39, 0.29) is 11.7 Å². The number of rotatable bonds is 5. The molecular weight excluding hydrogens is 397 g/mol. The molecule has 0 bridgehead atoms. The molecule has 2 aliphatic rings. The molecular formula is C23H24FN5O2. The lowest BCUT2D eigenvalue weighted by molar-refractivity contribution is 0.100. The zero-order chi connectivity index (χ0) is 21.4. The first-order valence-electron chi connectivity index (χ1n) is 10.4. The summed E-state index contributed by atoms with van der Waals surface area (Å²) in [6.45, 7) is 3.48. The average molecular weight is 421 g/mol. The number of nitrogens with zero attached hydrogens (tertiary/aromatic N) is 4. The molecule has 160 valence electrons. The summed E-state index contributed by atoms with van der Waals surface area (Å²) in [4.78, 5) is 15.2. The number of amides is 1. The molecule has 3 heterocycles. The van der Waals surface area contributed by atoms with Crippen molar-refractivity contribution in [3.8, 4) is 5.75 Å². The summed E-state index contributed by atoms with van der Waals surface area (Å²) >= 11 is 0. The zero-order valence-corrected chi connectivity index (χ0v) is 17.3. The van der Waals surface area contributed by atoms with Gasteiger partial charge in [-0.15, -0.1) is 10.2 Å². The molecule has 0 spiro atoms. The summed E-state index contributed by atoms with van der Waals surface area (Å²) in [6, 6.07) is 13.9. The van der Waals surface area contributed by atoms with Crippen molar-refractivity contribution >= 4 is 11.6 Å².